The van der Waals surface area contributed by atoms with Crippen LogP contribution in [0.1, 0.15) is 30.3 Å². The lowest BCUT2D eigenvalue weighted by molar-refractivity contribution is 0.0879. The molecule has 2 rings (SSSR count). The lowest BCUT2D eigenvalue weighted by Crippen LogP contribution is -2.45. The SMILES string of the molecule is CC1CCC1NC(=O)c1cc(N)n[nH]1. The summed E-state index contributed by atoms with van der Waals surface area (Å²) in [6.45, 7) is 2.13. The molecule has 14 heavy (non-hydrogen) atoms. The number of carbonyl (C=O) groups excluding carboxylic acids is 1. The molecular formula is C9H14N4O. The minimum Gasteiger partial charge on any atom is -0.382 e. The molecule has 1 aromatic heterocycles. The Balaban J connectivity index is 1.95. The topological polar surface area (TPSA) is 83.8 Å². The van der Waals surface area contributed by atoms with Crippen LogP contribution in [0.2, 0.25) is 0 Å². The van der Waals surface area contributed by atoms with E-state index in [0.717, 1.165) is 6.42 Å². The highest BCUT2D eigenvalue weighted by atomic mass is 16.2. The van der Waals surface area contributed by atoms with Gasteiger partial charge in [0.1, 0.15) is 11.5 Å². The molecule has 0 saturated heterocycles. The molecule has 0 aromatic carbocycles. The number of hydrogen-bond acceptors (Lipinski definition) is 3. The van der Waals surface area contributed by atoms with Crippen molar-refractivity contribution in [3.63, 3.8) is 0 Å². The van der Waals surface area contributed by atoms with Crippen molar-refractivity contribution < 1.29 is 4.79 Å². The summed E-state index contributed by atoms with van der Waals surface area (Å²) in [6, 6.07) is 1.85. The minimum absolute atomic E-state index is 0.120. The van der Waals surface area contributed by atoms with E-state index in [2.05, 4.69) is 22.4 Å². The summed E-state index contributed by atoms with van der Waals surface area (Å²) in [7, 11) is 0. The lowest BCUT2D eigenvalue weighted by atomic mass is 9.81. The minimum atomic E-state index is -0.120. The molecule has 1 heterocycles. The maximum atomic E-state index is 11.6. The van der Waals surface area contributed by atoms with Crippen LogP contribution in [0.5, 0.6) is 0 Å². The Morgan fingerprint density at radius 2 is 2.50 bits per heavy atom. The first-order valence-corrected chi connectivity index (χ1v) is 4.78. The van der Waals surface area contributed by atoms with Gasteiger partial charge in [0.05, 0.1) is 0 Å². The van der Waals surface area contributed by atoms with Crippen molar-refractivity contribution in [2.24, 2.45) is 5.92 Å². The van der Waals surface area contributed by atoms with Crippen LogP contribution in [-0.2, 0) is 0 Å². The number of hydrogen-bond donors (Lipinski definition) is 3. The number of rotatable bonds is 2. The van der Waals surface area contributed by atoms with E-state index in [-0.39, 0.29) is 5.91 Å². The Morgan fingerprint density at radius 3 is 2.93 bits per heavy atom. The molecule has 2 atom stereocenters. The zero-order chi connectivity index (χ0) is 10.1. The summed E-state index contributed by atoms with van der Waals surface area (Å²) >= 11 is 0. The maximum absolute atomic E-state index is 11.6. The Bertz CT molecular complexity index is 346. The predicted molar refractivity (Wildman–Crippen MR) is 52.7 cm³/mol. The predicted octanol–water partition coefficient (Wildman–Crippen LogP) is 0.520. The average Bonchev–Trinajstić information content (AvgIpc) is 2.58. The van der Waals surface area contributed by atoms with E-state index >= 15 is 0 Å². The molecule has 5 heteroatoms. The first-order valence-electron chi connectivity index (χ1n) is 4.78. The van der Waals surface area contributed by atoms with Gasteiger partial charge in [0.25, 0.3) is 5.91 Å². The van der Waals surface area contributed by atoms with Gasteiger partial charge in [-0.2, -0.15) is 5.10 Å². The molecule has 4 N–H and O–H groups in total. The molecule has 76 valence electrons. The van der Waals surface area contributed by atoms with Gasteiger partial charge in [-0.3, -0.25) is 9.89 Å². The van der Waals surface area contributed by atoms with Crippen molar-refractivity contribution in [3.05, 3.63) is 11.8 Å². The number of anilines is 1. The molecule has 1 amide bonds. The molecule has 1 fully saturated rings. The number of nitrogens with one attached hydrogen (secondary N) is 2. The van der Waals surface area contributed by atoms with E-state index in [0.29, 0.717) is 23.5 Å². The standard InChI is InChI=1S/C9H14N4O/c1-5-2-3-6(5)11-9(14)7-4-8(10)13-12-7/h4-6H,2-3H2,1H3,(H,11,14)(H3,10,12,13). The molecule has 5 nitrogen and oxygen atoms in total. The molecule has 2 unspecified atom stereocenters. The number of H-pyrrole nitrogens is 1. The molecule has 0 radical (unpaired) electrons. The van der Waals surface area contributed by atoms with Crippen LogP contribution in [0.15, 0.2) is 6.07 Å². The molecule has 1 aliphatic rings. The second kappa shape index (κ2) is 3.32. The molecular weight excluding hydrogens is 180 g/mol. The smallest absolute Gasteiger partial charge is 0.269 e. The van der Waals surface area contributed by atoms with Gasteiger partial charge < -0.3 is 11.1 Å². The highest BCUT2D eigenvalue weighted by Crippen LogP contribution is 2.26. The first-order chi connectivity index (χ1) is 6.66. The molecule has 1 aliphatic carbocycles. The van der Waals surface area contributed by atoms with Crippen LogP contribution in [0.4, 0.5) is 5.82 Å². The number of nitrogens with two attached hydrogens (primary N) is 1. The largest absolute Gasteiger partial charge is 0.382 e. The van der Waals surface area contributed by atoms with Crippen molar-refractivity contribution in [2.45, 2.75) is 25.8 Å². The average molecular weight is 194 g/mol. The summed E-state index contributed by atoms with van der Waals surface area (Å²) in [5, 5.41) is 9.22. The van der Waals surface area contributed by atoms with Crippen molar-refractivity contribution >= 4 is 11.7 Å². The fourth-order valence-corrected chi connectivity index (χ4v) is 1.58. The van der Waals surface area contributed by atoms with Crippen LogP contribution < -0.4 is 11.1 Å². The van der Waals surface area contributed by atoms with E-state index in [4.69, 9.17) is 5.73 Å². The Kier molecular flexibility index (Phi) is 2.15. The lowest BCUT2D eigenvalue weighted by Gasteiger charge is -2.34. The quantitative estimate of drug-likeness (QED) is 0.641. The van der Waals surface area contributed by atoms with E-state index in [1.165, 1.54) is 6.42 Å². The fourth-order valence-electron chi connectivity index (χ4n) is 1.58. The highest BCUT2D eigenvalue weighted by Gasteiger charge is 2.28. The second-order valence-electron chi connectivity index (χ2n) is 3.84. The van der Waals surface area contributed by atoms with Crippen molar-refractivity contribution in [1.82, 2.24) is 15.5 Å². The third-order valence-electron chi connectivity index (χ3n) is 2.78. The van der Waals surface area contributed by atoms with Gasteiger partial charge in [-0.05, 0) is 18.8 Å². The van der Waals surface area contributed by atoms with E-state index in [1.807, 2.05) is 0 Å². The van der Waals surface area contributed by atoms with Gasteiger partial charge in [0.2, 0.25) is 0 Å². The summed E-state index contributed by atoms with van der Waals surface area (Å²) < 4.78 is 0. The third-order valence-corrected chi connectivity index (χ3v) is 2.78. The van der Waals surface area contributed by atoms with Crippen molar-refractivity contribution in [3.8, 4) is 0 Å². The van der Waals surface area contributed by atoms with Gasteiger partial charge in [-0.25, -0.2) is 0 Å². The van der Waals surface area contributed by atoms with Gasteiger partial charge >= 0.3 is 0 Å². The number of carbonyl (C=O) groups is 1. The molecule has 1 saturated carbocycles. The number of amides is 1. The van der Waals surface area contributed by atoms with Crippen LogP contribution >= 0.6 is 0 Å². The van der Waals surface area contributed by atoms with Crippen LogP contribution in [0.3, 0.4) is 0 Å². The molecule has 0 bridgehead atoms. The summed E-state index contributed by atoms with van der Waals surface area (Å²) in [5.41, 5.74) is 5.83. The summed E-state index contributed by atoms with van der Waals surface area (Å²) in [4.78, 5) is 11.6. The third kappa shape index (κ3) is 1.57. The van der Waals surface area contributed by atoms with Crippen LogP contribution in [0, 0.1) is 5.92 Å². The first kappa shape index (κ1) is 9.05. The molecule has 0 spiro atoms. The van der Waals surface area contributed by atoms with Crippen molar-refractivity contribution in [2.75, 3.05) is 5.73 Å². The highest BCUT2D eigenvalue weighted by molar-refractivity contribution is 5.93. The van der Waals surface area contributed by atoms with E-state index in [1.54, 1.807) is 6.07 Å². The number of nitrogen functional groups attached to an aromatic ring is 1. The van der Waals surface area contributed by atoms with Gasteiger partial charge in [0.15, 0.2) is 0 Å². The number of nitrogens with zero attached hydrogens (tertiary/aromatic N) is 1. The summed E-state index contributed by atoms with van der Waals surface area (Å²) in [6.07, 6.45) is 2.26. The molecule has 1 aromatic rings. The normalized spacial score (nSPS) is 25.5. The second-order valence-corrected chi connectivity index (χ2v) is 3.84. The Labute approximate surface area is 82.1 Å². The van der Waals surface area contributed by atoms with Gasteiger partial charge in [-0.15, -0.1) is 0 Å². The van der Waals surface area contributed by atoms with Gasteiger partial charge in [-0.1, -0.05) is 6.92 Å². The number of aromatic nitrogens is 2. The van der Waals surface area contributed by atoms with Crippen LogP contribution in [0.25, 0.3) is 0 Å². The van der Waals surface area contributed by atoms with E-state index < -0.39 is 0 Å². The molecule has 0 aliphatic heterocycles. The van der Waals surface area contributed by atoms with Crippen LogP contribution in [-0.4, -0.2) is 22.1 Å². The zero-order valence-corrected chi connectivity index (χ0v) is 8.08. The monoisotopic (exact) mass is 194 g/mol. The van der Waals surface area contributed by atoms with Gasteiger partial charge in [0, 0.05) is 12.1 Å². The zero-order valence-electron chi connectivity index (χ0n) is 8.08. The Morgan fingerprint density at radius 1 is 1.71 bits per heavy atom. The number of aromatic amines is 1. The fraction of sp³-hybridized carbons (Fsp3) is 0.556. The maximum Gasteiger partial charge on any atom is 0.269 e. The van der Waals surface area contributed by atoms with E-state index in [9.17, 15) is 4.79 Å². The summed E-state index contributed by atoms with van der Waals surface area (Å²) in [5.74, 6) is 0.807. The van der Waals surface area contributed by atoms with Crippen molar-refractivity contribution in [1.29, 1.82) is 0 Å². The Hall–Kier alpha value is -1.52.